The molecule has 0 bridgehead atoms. The summed E-state index contributed by atoms with van der Waals surface area (Å²) >= 11 is 0. The molecule has 0 spiro atoms. The van der Waals surface area contributed by atoms with Crippen LogP contribution < -0.4 is 10.5 Å². The third-order valence-electron chi connectivity index (χ3n) is 2.16. The minimum absolute atomic E-state index is 0.0929. The van der Waals surface area contributed by atoms with Crippen molar-refractivity contribution in [2.24, 2.45) is 5.73 Å². The molecule has 0 aliphatic heterocycles. The van der Waals surface area contributed by atoms with E-state index in [1.54, 1.807) is 0 Å². The van der Waals surface area contributed by atoms with Crippen LogP contribution in [-0.2, 0) is 0 Å². The molecule has 0 aliphatic rings. The van der Waals surface area contributed by atoms with Gasteiger partial charge in [0.25, 0.3) is 6.43 Å². The number of methoxy groups -OCH3 is 1. The van der Waals surface area contributed by atoms with Crippen molar-refractivity contribution in [1.82, 2.24) is 0 Å². The second kappa shape index (κ2) is 5.03. The first-order chi connectivity index (χ1) is 7.49. The number of nitrogens with two attached hydrogens (primary N) is 1. The Morgan fingerprint density at radius 2 is 2.06 bits per heavy atom. The van der Waals surface area contributed by atoms with Crippen molar-refractivity contribution in [2.45, 2.75) is 19.4 Å². The molecule has 1 rings (SSSR count). The first-order valence-corrected chi connectivity index (χ1v) is 4.73. The average Bonchev–Trinajstić information content (AvgIpc) is 2.26. The lowest BCUT2D eigenvalue weighted by molar-refractivity contribution is 0.0963. The minimum Gasteiger partial charge on any atom is -0.495 e. The maximum atomic E-state index is 12.6. The average molecular weight is 229 g/mol. The van der Waals surface area contributed by atoms with Crippen LogP contribution in [0.25, 0.3) is 0 Å². The van der Waals surface area contributed by atoms with Crippen molar-refractivity contribution in [2.75, 3.05) is 7.11 Å². The van der Waals surface area contributed by atoms with E-state index in [1.165, 1.54) is 32.2 Å². The summed E-state index contributed by atoms with van der Waals surface area (Å²) in [6.07, 6.45) is -2.68. The van der Waals surface area contributed by atoms with E-state index in [0.717, 1.165) is 0 Å². The first kappa shape index (κ1) is 12.6. The number of hydrogen-bond donors (Lipinski definition) is 1. The summed E-state index contributed by atoms with van der Waals surface area (Å²) in [7, 11) is 1.25. The van der Waals surface area contributed by atoms with Crippen LogP contribution in [-0.4, -0.2) is 18.9 Å². The van der Waals surface area contributed by atoms with E-state index in [4.69, 9.17) is 10.5 Å². The zero-order chi connectivity index (χ0) is 12.3. The Balaban J connectivity index is 3.29. The third-order valence-corrected chi connectivity index (χ3v) is 2.16. The summed E-state index contributed by atoms with van der Waals surface area (Å²) in [5.74, 6) is -0.515. The molecule has 3 nitrogen and oxygen atoms in total. The van der Waals surface area contributed by atoms with Gasteiger partial charge in [0.1, 0.15) is 5.75 Å². The molecule has 16 heavy (non-hydrogen) atoms. The monoisotopic (exact) mass is 229 g/mol. The molecule has 1 aromatic carbocycles. The largest absolute Gasteiger partial charge is 0.495 e. The highest BCUT2D eigenvalue weighted by Gasteiger charge is 2.22. The van der Waals surface area contributed by atoms with E-state index in [-0.39, 0.29) is 16.9 Å². The lowest BCUT2D eigenvalue weighted by atomic mass is 10.0. The SMILES string of the molecule is COc1c(C(=O)C(C)N)cccc1C(F)F. The molecule has 1 aromatic rings. The van der Waals surface area contributed by atoms with Crippen LogP contribution in [0.1, 0.15) is 29.3 Å². The lowest BCUT2D eigenvalue weighted by Gasteiger charge is -2.13. The second-order valence-corrected chi connectivity index (χ2v) is 3.38. The second-order valence-electron chi connectivity index (χ2n) is 3.38. The maximum absolute atomic E-state index is 12.6. The fraction of sp³-hybridized carbons (Fsp3) is 0.364. The fourth-order valence-corrected chi connectivity index (χ4v) is 1.39. The number of ketones is 1. The molecule has 2 N–H and O–H groups in total. The van der Waals surface area contributed by atoms with E-state index >= 15 is 0 Å². The van der Waals surface area contributed by atoms with Crippen LogP contribution in [0.15, 0.2) is 18.2 Å². The molecule has 0 heterocycles. The summed E-state index contributed by atoms with van der Waals surface area (Å²) in [4.78, 5) is 11.6. The van der Waals surface area contributed by atoms with Crippen LogP contribution in [0.2, 0.25) is 0 Å². The van der Waals surface area contributed by atoms with E-state index in [0.29, 0.717) is 0 Å². The van der Waals surface area contributed by atoms with Gasteiger partial charge >= 0.3 is 0 Å². The topological polar surface area (TPSA) is 52.3 Å². The highest BCUT2D eigenvalue weighted by Crippen LogP contribution is 2.32. The Morgan fingerprint density at radius 1 is 1.44 bits per heavy atom. The van der Waals surface area contributed by atoms with Crippen LogP contribution in [0, 0.1) is 0 Å². The highest BCUT2D eigenvalue weighted by atomic mass is 19.3. The molecule has 0 saturated heterocycles. The van der Waals surface area contributed by atoms with Gasteiger partial charge in [0.2, 0.25) is 0 Å². The maximum Gasteiger partial charge on any atom is 0.267 e. The van der Waals surface area contributed by atoms with E-state index in [2.05, 4.69) is 0 Å². The molecule has 88 valence electrons. The van der Waals surface area contributed by atoms with E-state index in [9.17, 15) is 13.6 Å². The molecule has 0 radical (unpaired) electrons. The number of carbonyl (C=O) groups excluding carboxylic acids is 1. The van der Waals surface area contributed by atoms with Gasteiger partial charge in [-0.15, -0.1) is 0 Å². The fourth-order valence-electron chi connectivity index (χ4n) is 1.39. The van der Waals surface area contributed by atoms with Gasteiger partial charge in [-0.1, -0.05) is 6.07 Å². The quantitative estimate of drug-likeness (QED) is 0.805. The number of benzene rings is 1. The van der Waals surface area contributed by atoms with Crippen molar-refractivity contribution in [3.05, 3.63) is 29.3 Å². The number of ether oxygens (including phenoxy) is 1. The number of alkyl halides is 2. The van der Waals surface area contributed by atoms with Crippen molar-refractivity contribution in [3.8, 4) is 5.75 Å². The molecule has 0 amide bonds. The minimum atomic E-state index is -2.68. The number of carbonyl (C=O) groups is 1. The molecule has 0 fully saturated rings. The Hall–Kier alpha value is -1.49. The van der Waals surface area contributed by atoms with Gasteiger partial charge in [-0.05, 0) is 19.1 Å². The molecule has 0 aliphatic carbocycles. The summed E-state index contributed by atoms with van der Waals surface area (Å²) in [5.41, 5.74) is 5.22. The molecule has 0 saturated carbocycles. The number of hydrogen-bond acceptors (Lipinski definition) is 3. The van der Waals surface area contributed by atoms with Crippen LogP contribution in [0.5, 0.6) is 5.75 Å². The van der Waals surface area contributed by atoms with Gasteiger partial charge < -0.3 is 10.5 Å². The molecular formula is C11H13F2NO2. The molecule has 5 heteroatoms. The van der Waals surface area contributed by atoms with E-state index < -0.39 is 18.3 Å². The standard InChI is InChI=1S/C11H13F2NO2/c1-6(14)9(15)7-4-3-5-8(11(12)13)10(7)16-2/h3-6,11H,14H2,1-2H3. The van der Waals surface area contributed by atoms with Gasteiger partial charge in [-0.2, -0.15) is 0 Å². The lowest BCUT2D eigenvalue weighted by Crippen LogP contribution is -2.27. The predicted molar refractivity (Wildman–Crippen MR) is 55.9 cm³/mol. The number of para-hydroxylation sites is 1. The molecule has 1 atom stereocenters. The zero-order valence-electron chi connectivity index (χ0n) is 9.04. The van der Waals surface area contributed by atoms with Crippen LogP contribution in [0.4, 0.5) is 8.78 Å². The smallest absolute Gasteiger partial charge is 0.267 e. The van der Waals surface area contributed by atoms with Crippen molar-refractivity contribution in [3.63, 3.8) is 0 Å². The summed E-state index contributed by atoms with van der Waals surface area (Å²) < 4.78 is 30.1. The van der Waals surface area contributed by atoms with Gasteiger partial charge in [0.15, 0.2) is 5.78 Å². The summed E-state index contributed by atoms with van der Waals surface area (Å²) in [6.45, 7) is 1.50. The predicted octanol–water partition coefficient (Wildman–Crippen LogP) is 2.16. The number of halogens is 2. The van der Waals surface area contributed by atoms with Crippen LogP contribution >= 0.6 is 0 Å². The highest BCUT2D eigenvalue weighted by molar-refractivity contribution is 6.02. The van der Waals surface area contributed by atoms with E-state index in [1.807, 2.05) is 0 Å². The van der Waals surface area contributed by atoms with Gasteiger partial charge in [0, 0.05) is 0 Å². The first-order valence-electron chi connectivity index (χ1n) is 4.73. The Labute approximate surface area is 92.2 Å². The zero-order valence-corrected chi connectivity index (χ0v) is 9.04. The van der Waals surface area contributed by atoms with Crippen molar-refractivity contribution >= 4 is 5.78 Å². The Kier molecular flexibility index (Phi) is 3.95. The summed E-state index contributed by atoms with van der Waals surface area (Å²) in [6, 6.07) is 3.29. The third kappa shape index (κ3) is 2.36. The Morgan fingerprint density at radius 3 is 2.50 bits per heavy atom. The molecular weight excluding hydrogens is 216 g/mol. The van der Waals surface area contributed by atoms with Gasteiger partial charge in [-0.3, -0.25) is 4.79 Å². The normalized spacial score (nSPS) is 12.6. The van der Waals surface area contributed by atoms with Crippen LogP contribution in [0.3, 0.4) is 0 Å². The number of rotatable bonds is 4. The molecule has 0 aromatic heterocycles. The van der Waals surface area contributed by atoms with Gasteiger partial charge in [0.05, 0.1) is 24.3 Å². The summed E-state index contributed by atoms with van der Waals surface area (Å²) in [5, 5.41) is 0. The molecule has 1 unspecified atom stereocenters. The Bertz CT molecular complexity index is 392. The number of Topliss-reactive ketones (excluding diaryl/α,β-unsaturated/α-hetero) is 1. The van der Waals surface area contributed by atoms with Crippen molar-refractivity contribution < 1.29 is 18.3 Å². The van der Waals surface area contributed by atoms with Gasteiger partial charge in [-0.25, -0.2) is 8.78 Å². The van der Waals surface area contributed by atoms with Crippen molar-refractivity contribution in [1.29, 1.82) is 0 Å².